The Morgan fingerprint density at radius 1 is 1.22 bits per heavy atom. The van der Waals surface area contributed by atoms with E-state index in [0.29, 0.717) is 0 Å². The fourth-order valence-corrected chi connectivity index (χ4v) is 1.72. The maximum Gasteiger partial charge on any atom is 0.122 e. The van der Waals surface area contributed by atoms with Crippen molar-refractivity contribution in [1.29, 1.82) is 0 Å². The van der Waals surface area contributed by atoms with Crippen LogP contribution in [0.15, 0.2) is 18.2 Å². The molecule has 0 aliphatic carbocycles. The zero-order valence-corrected chi connectivity index (χ0v) is 12.6. The minimum atomic E-state index is 0.137. The number of ether oxygens (including phenoxy) is 1. The van der Waals surface area contributed by atoms with Gasteiger partial charge < -0.3 is 10.1 Å². The second-order valence-electron chi connectivity index (χ2n) is 5.98. The van der Waals surface area contributed by atoms with E-state index in [1.165, 1.54) is 11.1 Å². The van der Waals surface area contributed by atoms with Crippen LogP contribution in [0.2, 0.25) is 0 Å². The van der Waals surface area contributed by atoms with E-state index < -0.39 is 0 Å². The van der Waals surface area contributed by atoms with E-state index in [9.17, 15) is 0 Å². The van der Waals surface area contributed by atoms with Gasteiger partial charge in [-0.15, -0.1) is 0 Å². The average Bonchev–Trinajstić information content (AvgIpc) is 2.28. The summed E-state index contributed by atoms with van der Waals surface area (Å²) in [6, 6.07) is 6.24. The minimum absolute atomic E-state index is 0.137. The Hall–Kier alpha value is -1.02. The van der Waals surface area contributed by atoms with Gasteiger partial charge in [-0.25, -0.2) is 0 Å². The maximum absolute atomic E-state index is 6.11. The molecule has 102 valence electrons. The topological polar surface area (TPSA) is 21.3 Å². The predicted octanol–water partition coefficient (Wildman–Crippen LogP) is 3.85. The molecule has 0 saturated heterocycles. The first kappa shape index (κ1) is 15.0. The number of rotatable bonds is 5. The van der Waals surface area contributed by atoms with Gasteiger partial charge in [-0.3, -0.25) is 0 Å². The van der Waals surface area contributed by atoms with Crippen molar-refractivity contribution in [2.24, 2.45) is 0 Å². The van der Waals surface area contributed by atoms with Crippen LogP contribution >= 0.6 is 0 Å². The van der Waals surface area contributed by atoms with Crippen LogP contribution in [-0.2, 0) is 0 Å². The summed E-state index contributed by atoms with van der Waals surface area (Å²) in [6.07, 6.45) is 1.24. The van der Waals surface area contributed by atoms with Crippen molar-refractivity contribution in [3.63, 3.8) is 0 Å². The third-order valence-electron chi connectivity index (χ3n) is 3.16. The van der Waals surface area contributed by atoms with Crippen LogP contribution in [0.5, 0.6) is 5.75 Å². The summed E-state index contributed by atoms with van der Waals surface area (Å²) in [5.41, 5.74) is 2.66. The lowest BCUT2D eigenvalue weighted by atomic mass is 10.1. The first-order chi connectivity index (χ1) is 8.33. The second-order valence-corrected chi connectivity index (χ2v) is 5.98. The normalized spacial score (nSPS) is 13.4. The zero-order chi connectivity index (χ0) is 13.8. The Balaban J connectivity index is 2.65. The second kappa shape index (κ2) is 6.24. The quantitative estimate of drug-likeness (QED) is 0.856. The van der Waals surface area contributed by atoms with Crippen molar-refractivity contribution >= 4 is 0 Å². The third-order valence-corrected chi connectivity index (χ3v) is 3.16. The van der Waals surface area contributed by atoms with E-state index in [1.807, 2.05) is 0 Å². The molecule has 2 nitrogen and oxygen atoms in total. The van der Waals surface area contributed by atoms with Gasteiger partial charge in [0.05, 0.1) is 0 Å². The summed E-state index contributed by atoms with van der Waals surface area (Å²) in [5.74, 6) is 1.01. The van der Waals surface area contributed by atoms with Crippen LogP contribution in [-0.4, -0.2) is 18.2 Å². The first-order valence-electron chi connectivity index (χ1n) is 6.81. The van der Waals surface area contributed by atoms with Crippen molar-refractivity contribution < 1.29 is 4.74 Å². The highest BCUT2D eigenvalue weighted by Crippen LogP contribution is 2.22. The SMILES string of the molecule is CCC(CNC(C)(C)C)Oc1cccc(C)c1C. The fourth-order valence-electron chi connectivity index (χ4n) is 1.72. The standard InChI is InChI=1S/C16H27NO/c1-7-14(11-17-16(4,5)6)18-15-10-8-9-12(2)13(15)3/h8-10,14,17H,7,11H2,1-6H3. The van der Waals surface area contributed by atoms with E-state index in [0.717, 1.165) is 18.7 Å². The molecule has 0 bridgehead atoms. The van der Waals surface area contributed by atoms with Crippen LogP contribution in [0.3, 0.4) is 0 Å². The van der Waals surface area contributed by atoms with E-state index in [1.54, 1.807) is 0 Å². The molecule has 1 rings (SSSR count). The Morgan fingerprint density at radius 3 is 2.44 bits per heavy atom. The molecule has 0 spiro atoms. The van der Waals surface area contributed by atoms with Gasteiger partial charge in [-0.05, 0) is 58.2 Å². The van der Waals surface area contributed by atoms with Gasteiger partial charge in [-0.2, -0.15) is 0 Å². The molecule has 0 saturated carbocycles. The molecule has 0 amide bonds. The van der Waals surface area contributed by atoms with Crippen LogP contribution in [0.25, 0.3) is 0 Å². The molecule has 1 unspecified atom stereocenters. The van der Waals surface area contributed by atoms with Gasteiger partial charge in [0.25, 0.3) is 0 Å². The molecule has 0 aliphatic heterocycles. The molecule has 1 atom stereocenters. The first-order valence-corrected chi connectivity index (χ1v) is 6.81. The number of benzene rings is 1. The number of hydrogen-bond donors (Lipinski definition) is 1. The summed E-state index contributed by atoms with van der Waals surface area (Å²) in [6.45, 7) is 13.8. The van der Waals surface area contributed by atoms with E-state index in [4.69, 9.17) is 4.74 Å². The molecule has 18 heavy (non-hydrogen) atoms. The van der Waals surface area contributed by atoms with E-state index >= 15 is 0 Å². The molecule has 2 heteroatoms. The van der Waals surface area contributed by atoms with Crippen LogP contribution < -0.4 is 10.1 Å². The van der Waals surface area contributed by atoms with Crippen LogP contribution in [0, 0.1) is 13.8 Å². The van der Waals surface area contributed by atoms with Crippen molar-refractivity contribution in [3.8, 4) is 5.75 Å². The molecule has 0 fully saturated rings. The van der Waals surface area contributed by atoms with Crippen molar-refractivity contribution in [2.45, 2.75) is 59.6 Å². The molecule has 1 aromatic carbocycles. The van der Waals surface area contributed by atoms with Crippen molar-refractivity contribution in [1.82, 2.24) is 5.32 Å². The van der Waals surface area contributed by atoms with Gasteiger partial charge >= 0.3 is 0 Å². The highest BCUT2D eigenvalue weighted by molar-refractivity contribution is 5.38. The highest BCUT2D eigenvalue weighted by Gasteiger charge is 2.15. The fraction of sp³-hybridized carbons (Fsp3) is 0.625. The molecule has 0 heterocycles. The predicted molar refractivity (Wildman–Crippen MR) is 78.4 cm³/mol. The lowest BCUT2D eigenvalue weighted by Gasteiger charge is -2.26. The Bertz CT molecular complexity index is 379. The average molecular weight is 249 g/mol. The maximum atomic E-state index is 6.11. The number of aryl methyl sites for hydroxylation is 1. The van der Waals surface area contributed by atoms with Gasteiger partial charge in [0, 0.05) is 12.1 Å². The molecule has 0 radical (unpaired) electrons. The zero-order valence-electron chi connectivity index (χ0n) is 12.6. The third kappa shape index (κ3) is 4.69. The lowest BCUT2D eigenvalue weighted by Crippen LogP contribution is -2.42. The number of hydrogen-bond acceptors (Lipinski definition) is 2. The lowest BCUT2D eigenvalue weighted by molar-refractivity contribution is 0.180. The summed E-state index contributed by atoms with van der Waals surface area (Å²) in [4.78, 5) is 0. The molecular formula is C16H27NO. The molecular weight excluding hydrogens is 222 g/mol. The van der Waals surface area contributed by atoms with E-state index in [-0.39, 0.29) is 11.6 Å². The Morgan fingerprint density at radius 2 is 1.89 bits per heavy atom. The molecule has 1 N–H and O–H groups in total. The monoisotopic (exact) mass is 249 g/mol. The summed E-state index contributed by atoms with van der Waals surface area (Å²) in [5, 5.41) is 3.50. The van der Waals surface area contributed by atoms with Gasteiger partial charge in [-0.1, -0.05) is 19.1 Å². The van der Waals surface area contributed by atoms with Crippen LogP contribution in [0.1, 0.15) is 45.2 Å². The summed E-state index contributed by atoms with van der Waals surface area (Å²) in [7, 11) is 0. The summed E-state index contributed by atoms with van der Waals surface area (Å²) < 4.78 is 6.11. The van der Waals surface area contributed by atoms with Gasteiger partial charge in [0.2, 0.25) is 0 Å². The molecule has 0 aliphatic rings. The smallest absolute Gasteiger partial charge is 0.122 e. The summed E-state index contributed by atoms with van der Waals surface area (Å²) >= 11 is 0. The Labute approximate surface area is 112 Å². The van der Waals surface area contributed by atoms with Gasteiger partial charge in [0.15, 0.2) is 0 Å². The van der Waals surface area contributed by atoms with Gasteiger partial charge in [0.1, 0.15) is 11.9 Å². The highest BCUT2D eigenvalue weighted by atomic mass is 16.5. The van der Waals surface area contributed by atoms with Crippen molar-refractivity contribution in [2.75, 3.05) is 6.54 Å². The van der Waals surface area contributed by atoms with Crippen molar-refractivity contribution in [3.05, 3.63) is 29.3 Å². The Kier molecular flexibility index (Phi) is 5.21. The van der Waals surface area contributed by atoms with E-state index in [2.05, 4.69) is 65.1 Å². The molecule has 1 aromatic rings. The van der Waals surface area contributed by atoms with Crippen LogP contribution in [0.4, 0.5) is 0 Å². The largest absolute Gasteiger partial charge is 0.489 e. The molecule has 0 aromatic heterocycles. The number of nitrogens with one attached hydrogen (secondary N) is 1. The minimum Gasteiger partial charge on any atom is -0.489 e.